The molecule has 0 bridgehead atoms. The van der Waals surface area contributed by atoms with Crippen LogP contribution < -0.4 is 9.47 Å². The molecule has 0 N–H and O–H groups in total. The van der Waals surface area contributed by atoms with Gasteiger partial charge >= 0.3 is 0 Å². The van der Waals surface area contributed by atoms with E-state index >= 15 is 0 Å². The molecule has 1 amide bonds. The van der Waals surface area contributed by atoms with Gasteiger partial charge in [0, 0.05) is 42.9 Å². The molecule has 36 heavy (non-hydrogen) atoms. The van der Waals surface area contributed by atoms with Gasteiger partial charge in [0.25, 0.3) is 5.91 Å². The average molecular weight is 486 g/mol. The van der Waals surface area contributed by atoms with E-state index in [-0.39, 0.29) is 11.8 Å². The van der Waals surface area contributed by atoms with Gasteiger partial charge in [-0.25, -0.2) is 0 Å². The van der Waals surface area contributed by atoms with Gasteiger partial charge in [-0.2, -0.15) is 0 Å². The van der Waals surface area contributed by atoms with Gasteiger partial charge in [-0.3, -0.25) is 14.7 Å². The second kappa shape index (κ2) is 10.7. The highest BCUT2D eigenvalue weighted by Crippen LogP contribution is 2.33. The second-order valence-electron chi connectivity index (χ2n) is 9.86. The number of pyridine rings is 1. The lowest BCUT2D eigenvalue weighted by Crippen LogP contribution is -2.37. The third-order valence-electron chi connectivity index (χ3n) is 7.57. The number of fused-ring (bicyclic) bond motifs is 1. The molecule has 2 aromatic carbocycles. The van der Waals surface area contributed by atoms with Crippen molar-refractivity contribution in [2.24, 2.45) is 0 Å². The second-order valence-corrected chi connectivity index (χ2v) is 9.86. The Hall–Kier alpha value is -3.38. The first-order chi connectivity index (χ1) is 17.6. The van der Waals surface area contributed by atoms with Crippen molar-refractivity contribution in [1.82, 2.24) is 14.8 Å². The van der Waals surface area contributed by atoms with Crippen LogP contribution in [0.1, 0.15) is 57.2 Å². The number of carbonyl (C=O) groups is 1. The van der Waals surface area contributed by atoms with Crippen molar-refractivity contribution in [1.29, 1.82) is 0 Å². The lowest BCUT2D eigenvalue weighted by molar-refractivity contribution is 0.0731. The quantitative estimate of drug-likeness (QED) is 0.493. The van der Waals surface area contributed by atoms with Crippen LogP contribution in [0.3, 0.4) is 0 Å². The normalized spacial score (nSPS) is 16.5. The van der Waals surface area contributed by atoms with Crippen LogP contribution in [0.25, 0.3) is 0 Å². The number of hydrogen-bond donors (Lipinski definition) is 0. The molecular weight excluding hydrogens is 450 g/mol. The number of aryl methyl sites for hydroxylation is 1. The zero-order valence-electron chi connectivity index (χ0n) is 21.5. The number of nitrogens with zero attached hydrogens (tertiary/aromatic N) is 3. The minimum absolute atomic E-state index is 0.109. The predicted octanol–water partition coefficient (Wildman–Crippen LogP) is 4.99. The highest BCUT2D eigenvalue weighted by molar-refractivity contribution is 5.95. The molecule has 0 aliphatic carbocycles. The van der Waals surface area contributed by atoms with Crippen molar-refractivity contribution >= 4 is 5.91 Å². The molecule has 3 heterocycles. The molecule has 0 unspecified atom stereocenters. The Morgan fingerprint density at radius 1 is 0.972 bits per heavy atom. The summed E-state index contributed by atoms with van der Waals surface area (Å²) in [5, 5.41) is 0. The van der Waals surface area contributed by atoms with Crippen molar-refractivity contribution < 1.29 is 14.3 Å². The molecule has 1 aromatic heterocycles. The fourth-order valence-electron chi connectivity index (χ4n) is 5.50. The van der Waals surface area contributed by atoms with E-state index in [1.807, 2.05) is 36.1 Å². The number of hydrogen-bond acceptors (Lipinski definition) is 5. The summed E-state index contributed by atoms with van der Waals surface area (Å²) in [7, 11) is 3.37. The van der Waals surface area contributed by atoms with Crippen molar-refractivity contribution in [3.8, 4) is 11.5 Å². The molecule has 2 aliphatic heterocycles. The SMILES string of the molecule is COc1ccc(CN2CCC(c3nc(C)ccc3C(=O)N3CCc4ccccc4C3)CC2)c(OC)c1. The number of piperidine rings is 1. The molecule has 6 heteroatoms. The number of likely N-dealkylation sites (tertiary alicyclic amines) is 1. The number of amides is 1. The van der Waals surface area contributed by atoms with Crippen LogP contribution in [-0.4, -0.2) is 54.5 Å². The van der Waals surface area contributed by atoms with E-state index in [1.165, 1.54) is 11.1 Å². The van der Waals surface area contributed by atoms with Crippen LogP contribution in [0.2, 0.25) is 0 Å². The first kappa shape index (κ1) is 24.3. The minimum atomic E-state index is 0.109. The van der Waals surface area contributed by atoms with Gasteiger partial charge in [-0.05, 0) is 68.6 Å². The largest absolute Gasteiger partial charge is 0.497 e. The van der Waals surface area contributed by atoms with Crippen LogP contribution in [0, 0.1) is 6.92 Å². The summed E-state index contributed by atoms with van der Waals surface area (Å²) in [5.41, 5.74) is 6.48. The Kier molecular flexibility index (Phi) is 7.23. The van der Waals surface area contributed by atoms with Crippen molar-refractivity contribution in [2.45, 2.75) is 45.2 Å². The maximum Gasteiger partial charge on any atom is 0.256 e. The van der Waals surface area contributed by atoms with E-state index in [2.05, 4.69) is 35.2 Å². The maximum absolute atomic E-state index is 13.7. The van der Waals surface area contributed by atoms with Crippen molar-refractivity contribution in [3.63, 3.8) is 0 Å². The minimum Gasteiger partial charge on any atom is -0.497 e. The van der Waals surface area contributed by atoms with E-state index in [4.69, 9.17) is 14.5 Å². The Balaban J connectivity index is 1.28. The van der Waals surface area contributed by atoms with Gasteiger partial charge in [0.15, 0.2) is 0 Å². The van der Waals surface area contributed by atoms with Gasteiger partial charge in [0.2, 0.25) is 0 Å². The molecule has 0 atom stereocenters. The van der Waals surface area contributed by atoms with E-state index in [0.717, 1.165) is 79.5 Å². The third-order valence-corrected chi connectivity index (χ3v) is 7.57. The van der Waals surface area contributed by atoms with E-state index < -0.39 is 0 Å². The van der Waals surface area contributed by atoms with Gasteiger partial charge in [-0.1, -0.05) is 30.3 Å². The molecule has 0 spiro atoms. The number of aromatic nitrogens is 1. The van der Waals surface area contributed by atoms with E-state index in [9.17, 15) is 4.79 Å². The number of carbonyl (C=O) groups excluding carboxylic acids is 1. The summed E-state index contributed by atoms with van der Waals surface area (Å²) in [6.07, 6.45) is 2.87. The Morgan fingerprint density at radius 3 is 2.50 bits per heavy atom. The molecular formula is C30H35N3O3. The van der Waals surface area contributed by atoms with Gasteiger partial charge in [0.1, 0.15) is 11.5 Å². The summed E-state index contributed by atoms with van der Waals surface area (Å²) in [5.74, 6) is 2.05. The molecule has 0 saturated carbocycles. The third kappa shape index (κ3) is 5.09. The van der Waals surface area contributed by atoms with Gasteiger partial charge < -0.3 is 14.4 Å². The molecule has 1 saturated heterocycles. The fraction of sp³-hybridized carbons (Fsp3) is 0.400. The summed E-state index contributed by atoms with van der Waals surface area (Å²) in [6.45, 7) is 6.19. The topological polar surface area (TPSA) is 54.9 Å². The summed E-state index contributed by atoms with van der Waals surface area (Å²) >= 11 is 0. The van der Waals surface area contributed by atoms with Crippen LogP contribution >= 0.6 is 0 Å². The Morgan fingerprint density at radius 2 is 1.75 bits per heavy atom. The summed E-state index contributed by atoms with van der Waals surface area (Å²) < 4.78 is 10.9. The number of rotatable bonds is 6. The Labute approximate surface area is 213 Å². The van der Waals surface area contributed by atoms with Crippen LogP contribution in [0.4, 0.5) is 0 Å². The van der Waals surface area contributed by atoms with E-state index in [1.54, 1.807) is 14.2 Å². The van der Waals surface area contributed by atoms with Gasteiger partial charge in [-0.15, -0.1) is 0 Å². The first-order valence-electron chi connectivity index (χ1n) is 12.8. The van der Waals surface area contributed by atoms with Crippen LogP contribution in [-0.2, 0) is 19.5 Å². The summed E-state index contributed by atoms with van der Waals surface area (Å²) in [4.78, 5) is 23.0. The zero-order valence-corrected chi connectivity index (χ0v) is 21.5. The highest BCUT2D eigenvalue weighted by Gasteiger charge is 2.29. The van der Waals surface area contributed by atoms with E-state index in [0.29, 0.717) is 6.54 Å². The Bertz CT molecular complexity index is 1230. The van der Waals surface area contributed by atoms with Gasteiger partial charge in [0.05, 0.1) is 25.5 Å². The van der Waals surface area contributed by atoms with Crippen molar-refractivity contribution in [3.05, 3.63) is 88.2 Å². The number of ether oxygens (including phenoxy) is 2. The summed E-state index contributed by atoms with van der Waals surface area (Å²) in [6, 6.07) is 18.4. The molecule has 2 aliphatic rings. The van der Waals surface area contributed by atoms with Crippen LogP contribution in [0.15, 0.2) is 54.6 Å². The standard InChI is InChI=1S/C30H35N3O3/c1-21-8-11-27(30(34)33-17-14-22-6-4-5-7-24(22)20-33)29(31-21)23-12-15-32(16-13-23)19-25-9-10-26(35-2)18-28(25)36-3/h4-11,18,23H,12-17,19-20H2,1-3H3. The fourth-order valence-corrected chi connectivity index (χ4v) is 5.50. The average Bonchev–Trinajstić information content (AvgIpc) is 2.93. The molecule has 0 radical (unpaired) electrons. The van der Waals surface area contributed by atoms with Crippen molar-refractivity contribution in [2.75, 3.05) is 33.9 Å². The smallest absolute Gasteiger partial charge is 0.256 e. The number of methoxy groups -OCH3 is 2. The highest BCUT2D eigenvalue weighted by atomic mass is 16.5. The molecule has 5 rings (SSSR count). The predicted molar refractivity (Wildman–Crippen MR) is 141 cm³/mol. The van der Waals surface area contributed by atoms with Crippen LogP contribution in [0.5, 0.6) is 11.5 Å². The molecule has 1 fully saturated rings. The lowest BCUT2D eigenvalue weighted by atomic mass is 9.89. The zero-order chi connectivity index (χ0) is 25.1. The first-order valence-corrected chi connectivity index (χ1v) is 12.8. The maximum atomic E-state index is 13.7. The molecule has 3 aromatic rings. The molecule has 188 valence electrons. The molecule has 6 nitrogen and oxygen atoms in total. The lowest BCUT2D eigenvalue weighted by Gasteiger charge is -2.34. The number of benzene rings is 2. The monoisotopic (exact) mass is 485 g/mol.